The highest BCUT2D eigenvalue weighted by molar-refractivity contribution is 7.80. The van der Waals surface area contributed by atoms with Crippen LogP contribution in [0.3, 0.4) is 0 Å². The van der Waals surface area contributed by atoms with Gasteiger partial charge in [0.25, 0.3) is 6.43 Å². The van der Waals surface area contributed by atoms with Crippen LogP contribution in [0.4, 0.5) is 13.2 Å². The van der Waals surface area contributed by atoms with Crippen molar-refractivity contribution in [2.45, 2.75) is 12.8 Å². The number of rotatable bonds is 4. The van der Waals surface area contributed by atoms with Crippen LogP contribution in [-0.2, 0) is 0 Å². The van der Waals surface area contributed by atoms with E-state index in [9.17, 15) is 13.2 Å². The van der Waals surface area contributed by atoms with Crippen molar-refractivity contribution >= 4 is 18.7 Å². The molecule has 0 amide bonds. The summed E-state index contributed by atoms with van der Waals surface area (Å²) >= 11 is 4.01. The van der Waals surface area contributed by atoms with E-state index < -0.39 is 17.8 Å². The van der Waals surface area contributed by atoms with Gasteiger partial charge >= 0.3 is 0 Å². The first-order valence-electron chi connectivity index (χ1n) is 4.50. The maximum atomic E-state index is 13.1. The molecule has 15 heavy (non-hydrogen) atoms. The van der Waals surface area contributed by atoms with Crippen LogP contribution in [0, 0.1) is 5.82 Å². The Kier molecular flexibility index (Phi) is 4.75. The fourth-order valence-electron chi connectivity index (χ4n) is 1.12. The topological polar surface area (TPSA) is 0 Å². The highest BCUT2D eigenvalue weighted by Gasteiger charge is 2.12. The molecule has 4 heteroatoms. The van der Waals surface area contributed by atoms with Gasteiger partial charge in [0, 0.05) is 0 Å². The van der Waals surface area contributed by atoms with E-state index in [1.807, 2.05) is 6.08 Å². The summed E-state index contributed by atoms with van der Waals surface area (Å²) in [5.41, 5.74) is 0.0278. The smallest absolute Gasteiger partial charge is 0.206 e. The lowest BCUT2D eigenvalue weighted by molar-refractivity contribution is 0.146. The molecule has 82 valence electrons. The van der Waals surface area contributed by atoms with Gasteiger partial charge in [-0.1, -0.05) is 18.2 Å². The van der Waals surface area contributed by atoms with Crippen molar-refractivity contribution in [1.29, 1.82) is 0 Å². The van der Waals surface area contributed by atoms with Crippen LogP contribution in [0.2, 0.25) is 0 Å². The van der Waals surface area contributed by atoms with Crippen LogP contribution in [0.1, 0.15) is 24.0 Å². The zero-order chi connectivity index (χ0) is 11.3. The van der Waals surface area contributed by atoms with E-state index in [1.165, 1.54) is 6.07 Å². The van der Waals surface area contributed by atoms with E-state index in [2.05, 4.69) is 12.6 Å². The fourth-order valence-corrected chi connectivity index (χ4v) is 1.27. The van der Waals surface area contributed by atoms with Gasteiger partial charge in [0.05, 0.1) is 5.56 Å². The molecule has 0 aliphatic rings. The minimum absolute atomic E-state index is 0.554. The number of hydrogen-bond acceptors (Lipinski definition) is 1. The van der Waals surface area contributed by atoms with Crippen LogP contribution >= 0.6 is 12.6 Å². The third-order valence-corrected chi connectivity index (χ3v) is 2.12. The lowest BCUT2D eigenvalue weighted by Gasteiger charge is -2.02. The summed E-state index contributed by atoms with van der Waals surface area (Å²) in [7, 11) is 0. The normalized spacial score (nSPS) is 11.5. The fraction of sp³-hybridized carbons (Fsp3) is 0.273. The second kappa shape index (κ2) is 5.85. The largest absolute Gasteiger partial charge is 0.266 e. The van der Waals surface area contributed by atoms with Crippen molar-refractivity contribution in [2.24, 2.45) is 0 Å². The van der Waals surface area contributed by atoms with Gasteiger partial charge < -0.3 is 0 Å². The summed E-state index contributed by atoms with van der Waals surface area (Å²) in [4.78, 5) is 0. The third kappa shape index (κ3) is 3.63. The summed E-state index contributed by atoms with van der Waals surface area (Å²) in [5, 5.41) is 0. The van der Waals surface area contributed by atoms with E-state index >= 15 is 0 Å². The second-order valence-electron chi connectivity index (χ2n) is 3.00. The molecule has 0 saturated heterocycles. The molecular formula is C11H11F3S. The number of halogens is 3. The highest BCUT2D eigenvalue weighted by atomic mass is 32.1. The van der Waals surface area contributed by atoms with Gasteiger partial charge in [0.15, 0.2) is 0 Å². The number of benzene rings is 1. The molecule has 1 rings (SSSR count). The first-order chi connectivity index (χ1) is 7.15. The average Bonchev–Trinajstić information content (AvgIpc) is 2.17. The Labute approximate surface area is 92.2 Å². The van der Waals surface area contributed by atoms with E-state index in [-0.39, 0.29) is 0 Å². The van der Waals surface area contributed by atoms with Gasteiger partial charge in [-0.15, -0.1) is 0 Å². The SMILES string of the molecule is Fc1cc(C=CCCS)ccc1C(F)F. The predicted molar refractivity (Wildman–Crippen MR) is 58.9 cm³/mol. The molecule has 0 aliphatic heterocycles. The van der Waals surface area contributed by atoms with Gasteiger partial charge in [-0.25, -0.2) is 13.2 Å². The van der Waals surface area contributed by atoms with Crippen LogP contribution < -0.4 is 0 Å². The molecule has 1 aromatic rings. The van der Waals surface area contributed by atoms with E-state index in [1.54, 1.807) is 6.08 Å². The van der Waals surface area contributed by atoms with Gasteiger partial charge in [-0.2, -0.15) is 12.6 Å². The Morgan fingerprint density at radius 3 is 2.60 bits per heavy atom. The van der Waals surface area contributed by atoms with Gasteiger partial charge in [0.2, 0.25) is 0 Å². The second-order valence-corrected chi connectivity index (χ2v) is 3.44. The standard InChI is InChI=1S/C11H11F3S/c12-10-7-8(3-1-2-6-15)4-5-9(10)11(13)14/h1,3-5,7,11,15H,2,6H2. The highest BCUT2D eigenvalue weighted by Crippen LogP contribution is 2.22. The minimum atomic E-state index is -2.76. The van der Waals surface area contributed by atoms with Gasteiger partial charge in [-0.05, 0) is 29.9 Å². The molecule has 0 nitrogen and oxygen atoms in total. The lowest BCUT2D eigenvalue weighted by Crippen LogP contribution is -1.90. The van der Waals surface area contributed by atoms with E-state index in [4.69, 9.17) is 0 Å². The molecule has 0 heterocycles. The summed E-state index contributed by atoms with van der Waals surface area (Å²) in [6, 6.07) is 3.69. The summed E-state index contributed by atoms with van der Waals surface area (Å²) in [6.45, 7) is 0. The Hall–Kier alpha value is -0.900. The zero-order valence-electron chi connectivity index (χ0n) is 7.96. The lowest BCUT2D eigenvalue weighted by atomic mass is 10.1. The molecule has 0 radical (unpaired) electrons. The molecule has 0 fully saturated rings. The van der Waals surface area contributed by atoms with Crippen LogP contribution in [0.25, 0.3) is 6.08 Å². The Bertz CT molecular complexity index is 348. The van der Waals surface area contributed by atoms with Gasteiger partial charge in [-0.3, -0.25) is 0 Å². The molecule has 0 unspecified atom stereocenters. The van der Waals surface area contributed by atoms with Crippen molar-refractivity contribution in [2.75, 3.05) is 5.75 Å². The first-order valence-corrected chi connectivity index (χ1v) is 5.13. The minimum Gasteiger partial charge on any atom is -0.206 e. The van der Waals surface area contributed by atoms with Crippen LogP contribution in [0.15, 0.2) is 24.3 Å². The molecule has 0 saturated carbocycles. The predicted octanol–water partition coefficient (Wildman–Crippen LogP) is 4.10. The molecule has 0 atom stereocenters. The number of alkyl halides is 2. The number of thiol groups is 1. The van der Waals surface area contributed by atoms with E-state index in [0.29, 0.717) is 11.3 Å². The zero-order valence-corrected chi connectivity index (χ0v) is 8.85. The number of allylic oxidation sites excluding steroid dienone is 1. The van der Waals surface area contributed by atoms with E-state index in [0.717, 1.165) is 18.6 Å². The first kappa shape index (κ1) is 12.2. The monoisotopic (exact) mass is 232 g/mol. The van der Waals surface area contributed by atoms with Crippen LogP contribution in [0.5, 0.6) is 0 Å². The van der Waals surface area contributed by atoms with Gasteiger partial charge in [0.1, 0.15) is 5.82 Å². The summed E-state index contributed by atoms with van der Waals surface area (Å²) in [5.74, 6) is -0.160. The van der Waals surface area contributed by atoms with Crippen molar-refractivity contribution in [3.05, 3.63) is 41.2 Å². The third-order valence-electron chi connectivity index (χ3n) is 1.87. The Morgan fingerprint density at radius 2 is 2.07 bits per heavy atom. The molecule has 1 aromatic carbocycles. The van der Waals surface area contributed by atoms with Crippen molar-refractivity contribution in [1.82, 2.24) is 0 Å². The maximum Gasteiger partial charge on any atom is 0.266 e. The Balaban J connectivity index is 2.82. The Morgan fingerprint density at radius 1 is 1.33 bits per heavy atom. The summed E-state index contributed by atoms with van der Waals surface area (Å²) < 4.78 is 37.5. The maximum absolute atomic E-state index is 13.1. The van der Waals surface area contributed by atoms with Crippen LogP contribution in [-0.4, -0.2) is 5.75 Å². The van der Waals surface area contributed by atoms with Crippen molar-refractivity contribution in [3.8, 4) is 0 Å². The molecule has 0 N–H and O–H groups in total. The molecule has 0 aliphatic carbocycles. The molecule has 0 aromatic heterocycles. The molecule has 0 bridgehead atoms. The quantitative estimate of drug-likeness (QED) is 0.742. The molecule has 0 spiro atoms. The number of hydrogen-bond donors (Lipinski definition) is 1. The average molecular weight is 232 g/mol. The van der Waals surface area contributed by atoms with Crippen molar-refractivity contribution in [3.63, 3.8) is 0 Å². The summed E-state index contributed by atoms with van der Waals surface area (Å²) in [6.07, 6.45) is 1.51. The van der Waals surface area contributed by atoms with Crippen molar-refractivity contribution < 1.29 is 13.2 Å². The molecular weight excluding hydrogens is 221 g/mol.